The van der Waals surface area contributed by atoms with Gasteiger partial charge >= 0.3 is 0 Å². The van der Waals surface area contributed by atoms with Crippen LogP contribution in [0.25, 0.3) is 11.0 Å². The Bertz CT molecular complexity index is 954. The number of rotatable bonds is 2. The van der Waals surface area contributed by atoms with Gasteiger partial charge in [-0.1, -0.05) is 12.1 Å². The van der Waals surface area contributed by atoms with Gasteiger partial charge in [-0.05, 0) is 25.0 Å². The van der Waals surface area contributed by atoms with Crippen LogP contribution >= 0.6 is 0 Å². The Morgan fingerprint density at radius 2 is 2.17 bits per heavy atom. The molecule has 0 aliphatic carbocycles. The molecule has 0 saturated heterocycles. The first-order valence-corrected chi connectivity index (χ1v) is 7.35. The van der Waals surface area contributed by atoms with Crippen LogP contribution in [0, 0.1) is 0 Å². The molecular formula is C16H14N4O3. The Labute approximate surface area is 130 Å². The van der Waals surface area contributed by atoms with Crippen molar-refractivity contribution in [2.75, 3.05) is 5.32 Å². The van der Waals surface area contributed by atoms with Crippen LogP contribution in [0.3, 0.4) is 0 Å². The van der Waals surface area contributed by atoms with Gasteiger partial charge in [-0.15, -0.1) is 0 Å². The number of nitrogens with zero attached hydrogens (tertiary/aromatic N) is 2. The summed E-state index contributed by atoms with van der Waals surface area (Å²) in [5, 5.41) is 12.6. The molecule has 0 atom stereocenters. The van der Waals surface area contributed by atoms with Gasteiger partial charge in [0.2, 0.25) is 5.95 Å². The first-order valence-electron chi connectivity index (χ1n) is 7.35. The number of para-hydroxylation sites is 2. The van der Waals surface area contributed by atoms with Crippen LogP contribution in [0.15, 0.2) is 35.1 Å². The smallest absolute Gasteiger partial charge is 0.267 e. The number of aromatic nitrogens is 3. The van der Waals surface area contributed by atoms with E-state index in [1.54, 1.807) is 0 Å². The number of hydrogen-bond donors (Lipinski definition) is 3. The van der Waals surface area contributed by atoms with Gasteiger partial charge in [0, 0.05) is 18.3 Å². The predicted octanol–water partition coefficient (Wildman–Crippen LogP) is 1.63. The second-order valence-electron chi connectivity index (χ2n) is 5.51. The number of fused-ring (bicyclic) bond motifs is 2. The number of aromatic hydroxyl groups is 1. The Kier molecular flexibility index (Phi) is 2.94. The van der Waals surface area contributed by atoms with Crippen molar-refractivity contribution in [3.63, 3.8) is 0 Å². The lowest BCUT2D eigenvalue weighted by Gasteiger charge is -2.08. The third kappa shape index (κ3) is 2.17. The fourth-order valence-corrected chi connectivity index (χ4v) is 2.95. The van der Waals surface area contributed by atoms with E-state index in [9.17, 15) is 14.7 Å². The van der Waals surface area contributed by atoms with Crippen molar-refractivity contribution in [3.05, 3.63) is 51.9 Å². The summed E-state index contributed by atoms with van der Waals surface area (Å²) in [7, 11) is 0. The molecule has 3 N–H and O–H groups in total. The molecule has 4 rings (SSSR count). The van der Waals surface area contributed by atoms with E-state index in [1.807, 2.05) is 24.3 Å². The number of nitrogens with one attached hydrogen (secondary N) is 2. The molecule has 1 aliphatic rings. The second-order valence-corrected chi connectivity index (χ2v) is 5.51. The van der Waals surface area contributed by atoms with Gasteiger partial charge in [-0.2, -0.15) is 0 Å². The number of carbonyl (C=O) groups excluding carboxylic acids is 1. The van der Waals surface area contributed by atoms with Gasteiger partial charge in [0.15, 0.2) is 0 Å². The largest absolute Gasteiger partial charge is 0.507 e. The summed E-state index contributed by atoms with van der Waals surface area (Å²) in [6, 6.07) is 8.82. The van der Waals surface area contributed by atoms with E-state index in [-0.39, 0.29) is 17.3 Å². The maximum absolute atomic E-state index is 12.4. The molecule has 0 radical (unpaired) electrons. The van der Waals surface area contributed by atoms with E-state index in [0.29, 0.717) is 12.1 Å². The molecule has 0 bridgehead atoms. The second kappa shape index (κ2) is 4.98. The van der Waals surface area contributed by atoms with Crippen LogP contribution in [-0.4, -0.2) is 25.5 Å². The number of pyridine rings is 1. The molecule has 23 heavy (non-hydrogen) atoms. The van der Waals surface area contributed by atoms with Crippen LogP contribution in [0.5, 0.6) is 5.75 Å². The van der Waals surface area contributed by atoms with E-state index < -0.39 is 11.5 Å². The highest BCUT2D eigenvalue weighted by atomic mass is 16.3. The van der Waals surface area contributed by atoms with Crippen LogP contribution < -0.4 is 10.9 Å². The molecule has 0 fully saturated rings. The fourth-order valence-electron chi connectivity index (χ4n) is 2.95. The van der Waals surface area contributed by atoms with Crippen molar-refractivity contribution in [2.45, 2.75) is 19.4 Å². The molecule has 0 spiro atoms. The summed E-state index contributed by atoms with van der Waals surface area (Å²) >= 11 is 0. The van der Waals surface area contributed by atoms with Crippen LogP contribution in [0.1, 0.15) is 22.5 Å². The van der Waals surface area contributed by atoms with E-state index in [1.165, 1.54) is 10.6 Å². The molecule has 0 saturated carbocycles. The number of anilines is 1. The van der Waals surface area contributed by atoms with Crippen molar-refractivity contribution in [2.24, 2.45) is 0 Å². The Hall–Kier alpha value is -3.09. The molecule has 3 aromatic rings. The molecule has 1 aromatic carbocycles. The molecule has 7 heteroatoms. The van der Waals surface area contributed by atoms with Crippen molar-refractivity contribution < 1.29 is 9.90 Å². The first kappa shape index (κ1) is 13.6. The predicted molar refractivity (Wildman–Crippen MR) is 84.7 cm³/mol. The van der Waals surface area contributed by atoms with Crippen LogP contribution in [0.4, 0.5) is 5.95 Å². The van der Waals surface area contributed by atoms with Crippen molar-refractivity contribution in [1.29, 1.82) is 0 Å². The highest BCUT2D eigenvalue weighted by Crippen LogP contribution is 2.21. The van der Waals surface area contributed by atoms with Crippen molar-refractivity contribution in [3.8, 4) is 5.75 Å². The van der Waals surface area contributed by atoms with Gasteiger partial charge in [-0.25, -0.2) is 4.98 Å². The van der Waals surface area contributed by atoms with E-state index in [4.69, 9.17) is 0 Å². The summed E-state index contributed by atoms with van der Waals surface area (Å²) in [5.74, 6) is -0.731. The standard InChI is InChI=1S/C16H14N4O3/c21-12-8-9-4-3-7-20(9)15(23)13(12)14(22)19-16-17-10-5-1-2-6-11(10)18-16/h1-2,5-6,8,21H,3-4,7H2,(H2,17,18,19,22). The number of benzene rings is 1. The van der Waals surface area contributed by atoms with Gasteiger partial charge < -0.3 is 14.7 Å². The number of hydrogen-bond acceptors (Lipinski definition) is 4. The SMILES string of the molecule is O=C(Nc1nc2ccccc2[nH]1)c1c(O)cc2n(c1=O)CCC2. The molecule has 1 aliphatic heterocycles. The van der Waals surface area contributed by atoms with Gasteiger partial charge in [0.25, 0.3) is 11.5 Å². The number of H-pyrrole nitrogens is 1. The zero-order valence-electron chi connectivity index (χ0n) is 12.2. The third-order valence-electron chi connectivity index (χ3n) is 4.03. The average molecular weight is 310 g/mol. The molecule has 3 heterocycles. The van der Waals surface area contributed by atoms with Gasteiger partial charge in [-0.3, -0.25) is 14.9 Å². The van der Waals surface area contributed by atoms with E-state index in [2.05, 4.69) is 15.3 Å². The minimum Gasteiger partial charge on any atom is -0.507 e. The lowest BCUT2D eigenvalue weighted by atomic mass is 10.2. The summed E-state index contributed by atoms with van der Waals surface area (Å²) in [6.45, 7) is 0.569. The fraction of sp³-hybridized carbons (Fsp3) is 0.188. The van der Waals surface area contributed by atoms with E-state index >= 15 is 0 Å². The molecule has 116 valence electrons. The van der Waals surface area contributed by atoms with Crippen molar-refractivity contribution in [1.82, 2.24) is 14.5 Å². The summed E-state index contributed by atoms with van der Waals surface area (Å²) in [6.07, 6.45) is 1.57. The maximum Gasteiger partial charge on any atom is 0.267 e. The van der Waals surface area contributed by atoms with Gasteiger partial charge in [0.05, 0.1) is 11.0 Å². The number of imidazole rings is 1. The maximum atomic E-state index is 12.4. The Morgan fingerprint density at radius 1 is 1.35 bits per heavy atom. The number of aromatic amines is 1. The van der Waals surface area contributed by atoms with Crippen molar-refractivity contribution >= 4 is 22.9 Å². The number of amides is 1. The minimum absolute atomic E-state index is 0.237. The molecule has 0 unspecified atom stereocenters. The normalized spacial score (nSPS) is 13.2. The highest BCUT2D eigenvalue weighted by molar-refractivity contribution is 6.05. The Balaban J connectivity index is 1.71. The lowest BCUT2D eigenvalue weighted by Crippen LogP contribution is -2.29. The average Bonchev–Trinajstić information content (AvgIpc) is 3.12. The summed E-state index contributed by atoms with van der Waals surface area (Å²) in [4.78, 5) is 32.0. The first-order chi connectivity index (χ1) is 11.1. The summed E-state index contributed by atoms with van der Waals surface area (Å²) < 4.78 is 1.53. The van der Waals surface area contributed by atoms with Gasteiger partial charge in [0.1, 0.15) is 11.3 Å². The Morgan fingerprint density at radius 3 is 3.00 bits per heavy atom. The lowest BCUT2D eigenvalue weighted by molar-refractivity contribution is 0.102. The monoisotopic (exact) mass is 310 g/mol. The molecule has 7 nitrogen and oxygen atoms in total. The topological polar surface area (TPSA) is 100 Å². The van der Waals surface area contributed by atoms with E-state index in [0.717, 1.165) is 24.1 Å². The molecule has 1 amide bonds. The summed E-state index contributed by atoms with van der Waals surface area (Å²) in [5.41, 5.74) is 1.52. The number of carbonyl (C=O) groups is 1. The zero-order valence-corrected chi connectivity index (χ0v) is 12.2. The number of aryl methyl sites for hydroxylation is 1. The van der Waals surface area contributed by atoms with Crippen LogP contribution in [0.2, 0.25) is 0 Å². The minimum atomic E-state index is -0.672. The zero-order chi connectivity index (χ0) is 16.0. The molecule has 2 aromatic heterocycles. The van der Waals surface area contributed by atoms with Crippen LogP contribution in [-0.2, 0) is 13.0 Å². The quantitative estimate of drug-likeness (QED) is 0.669. The third-order valence-corrected chi connectivity index (χ3v) is 4.03. The molecular weight excluding hydrogens is 296 g/mol. The highest BCUT2D eigenvalue weighted by Gasteiger charge is 2.23.